The van der Waals surface area contributed by atoms with E-state index in [1.165, 1.54) is 0 Å². The molecule has 1 heterocycles. The first-order chi connectivity index (χ1) is 9.83. The number of carbonyl (C=O) groups excluding carboxylic acids is 1. The molecule has 20 heavy (non-hydrogen) atoms. The van der Waals surface area contributed by atoms with Crippen molar-refractivity contribution in [3.8, 4) is 5.75 Å². The van der Waals surface area contributed by atoms with Crippen LogP contribution in [-0.2, 0) is 6.54 Å². The number of benzene rings is 2. The average molecular weight is 268 g/mol. The molecule has 1 aliphatic rings. The van der Waals surface area contributed by atoms with Gasteiger partial charge in [0, 0.05) is 12.2 Å². The van der Waals surface area contributed by atoms with Crippen LogP contribution in [0, 0.1) is 0 Å². The Balaban J connectivity index is 1.57. The minimum atomic E-state index is -0.0691. The van der Waals surface area contributed by atoms with Gasteiger partial charge in [-0.1, -0.05) is 36.4 Å². The van der Waals surface area contributed by atoms with Crippen LogP contribution in [0.4, 0.5) is 10.5 Å². The summed E-state index contributed by atoms with van der Waals surface area (Å²) in [5.74, 6) is 0.824. The van der Waals surface area contributed by atoms with Gasteiger partial charge in [-0.2, -0.15) is 0 Å². The average Bonchev–Trinajstić information content (AvgIpc) is 2.49. The molecule has 0 radical (unpaired) electrons. The molecule has 4 nitrogen and oxygen atoms in total. The van der Waals surface area contributed by atoms with E-state index < -0.39 is 0 Å². The first kappa shape index (κ1) is 12.5. The number of carbonyl (C=O) groups is 1. The van der Waals surface area contributed by atoms with Gasteiger partial charge in [-0.3, -0.25) is 0 Å². The predicted molar refractivity (Wildman–Crippen MR) is 77.8 cm³/mol. The van der Waals surface area contributed by atoms with Crippen LogP contribution in [-0.4, -0.2) is 24.1 Å². The van der Waals surface area contributed by atoms with Gasteiger partial charge >= 0.3 is 6.03 Å². The van der Waals surface area contributed by atoms with Crippen molar-refractivity contribution >= 4 is 11.7 Å². The minimum Gasteiger partial charge on any atom is -0.492 e. The Kier molecular flexibility index (Phi) is 3.54. The number of nitrogens with one attached hydrogen (secondary N) is 1. The Morgan fingerprint density at radius 3 is 2.65 bits per heavy atom. The Morgan fingerprint density at radius 2 is 1.80 bits per heavy atom. The number of urea groups is 1. The van der Waals surface area contributed by atoms with E-state index in [4.69, 9.17) is 4.74 Å². The molecule has 0 aliphatic carbocycles. The van der Waals surface area contributed by atoms with Crippen molar-refractivity contribution in [3.63, 3.8) is 0 Å². The predicted octanol–water partition coefficient (Wildman–Crippen LogP) is 3.11. The molecular formula is C16H16N2O2. The first-order valence-electron chi connectivity index (χ1n) is 6.64. The van der Waals surface area contributed by atoms with E-state index >= 15 is 0 Å². The van der Waals surface area contributed by atoms with Gasteiger partial charge in [0.25, 0.3) is 0 Å². The third kappa shape index (κ3) is 2.74. The number of hydrogen-bond acceptors (Lipinski definition) is 2. The fourth-order valence-electron chi connectivity index (χ4n) is 2.22. The first-order valence-corrected chi connectivity index (χ1v) is 6.64. The molecule has 1 aliphatic heterocycles. The van der Waals surface area contributed by atoms with Crippen LogP contribution in [0.25, 0.3) is 0 Å². The molecule has 0 saturated carbocycles. The maximum atomic E-state index is 12.0. The number of anilines is 1. The van der Waals surface area contributed by atoms with E-state index in [1.807, 2.05) is 54.6 Å². The van der Waals surface area contributed by atoms with Crippen LogP contribution in [0.3, 0.4) is 0 Å². The monoisotopic (exact) mass is 268 g/mol. The molecular weight excluding hydrogens is 252 g/mol. The number of rotatable bonds is 4. The maximum Gasteiger partial charge on any atom is 0.322 e. The second-order valence-electron chi connectivity index (χ2n) is 4.67. The number of nitrogens with zero attached hydrogens (tertiary/aromatic N) is 1. The third-order valence-electron chi connectivity index (χ3n) is 3.28. The highest BCUT2D eigenvalue weighted by atomic mass is 16.5. The van der Waals surface area contributed by atoms with Crippen LogP contribution in [0.2, 0.25) is 0 Å². The molecule has 0 fully saturated rings. The van der Waals surface area contributed by atoms with Crippen molar-refractivity contribution < 1.29 is 9.53 Å². The van der Waals surface area contributed by atoms with Gasteiger partial charge in [-0.15, -0.1) is 0 Å². The molecule has 0 aromatic heterocycles. The molecule has 1 N–H and O–H groups in total. The lowest BCUT2D eigenvalue weighted by Crippen LogP contribution is -2.40. The van der Waals surface area contributed by atoms with Crippen molar-refractivity contribution in [2.75, 3.05) is 18.5 Å². The number of para-hydroxylation sites is 2. The molecule has 3 rings (SSSR count). The zero-order valence-electron chi connectivity index (χ0n) is 11.1. The summed E-state index contributed by atoms with van der Waals surface area (Å²) in [7, 11) is 0. The summed E-state index contributed by atoms with van der Waals surface area (Å²) in [6, 6.07) is 17.4. The van der Waals surface area contributed by atoms with Crippen LogP contribution < -0.4 is 10.1 Å². The van der Waals surface area contributed by atoms with Crippen molar-refractivity contribution in [3.05, 3.63) is 60.2 Å². The third-order valence-corrected chi connectivity index (χ3v) is 3.28. The smallest absolute Gasteiger partial charge is 0.322 e. The highest BCUT2D eigenvalue weighted by Crippen LogP contribution is 2.22. The largest absolute Gasteiger partial charge is 0.492 e. The number of ether oxygens (including phenoxy) is 1. The van der Waals surface area contributed by atoms with E-state index in [1.54, 1.807) is 4.90 Å². The summed E-state index contributed by atoms with van der Waals surface area (Å²) < 4.78 is 5.62. The molecule has 0 saturated heterocycles. The summed E-state index contributed by atoms with van der Waals surface area (Å²) in [6.07, 6.45) is 0. The number of hydrogen-bond donors (Lipinski definition) is 1. The van der Waals surface area contributed by atoms with Gasteiger partial charge in [0.05, 0.1) is 6.54 Å². The minimum absolute atomic E-state index is 0.0691. The summed E-state index contributed by atoms with van der Waals surface area (Å²) in [6.45, 7) is 1.68. The SMILES string of the molecule is O=C1Nc2ccccc2CN1CCOc1ccccc1. The van der Waals surface area contributed by atoms with E-state index in [-0.39, 0.29) is 6.03 Å². The highest BCUT2D eigenvalue weighted by molar-refractivity contribution is 5.92. The second-order valence-corrected chi connectivity index (χ2v) is 4.67. The van der Waals surface area contributed by atoms with E-state index in [0.717, 1.165) is 17.0 Å². The highest BCUT2D eigenvalue weighted by Gasteiger charge is 2.21. The zero-order valence-corrected chi connectivity index (χ0v) is 11.1. The lowest BCUT2D eigenvalue weighted by atomic mass is 10.1. The van der Waals surface area contributed by atoms with E-state index in [2.05, 4.69) is 5.32 Å². The van der Waals surface area contributed by atoms with Crippen molar-refractivity contribution in [2.45, 2.75) is 6.54 Å². The van der Waals surface area contributed by atoms with Crippen molar-refractivity contribution in [1.29, 1.82) is 0 Å². The summed E-state index contributed by atoms with van der Waals surface area (Å²) in [5, 5.41) is 2.89. The lowest BCUT2D eigenvalue weighted by molar-refractivity contribution is 0.189. The van der Waals surface area contributed by atoms with Gasteiger partial charge in [0.1, 0.15) is 12.4 Å². The molecule has 0 atom stereocenters. The normalized spacial score (nSPS) is 13.6. The van der Waals surface area contributed by atoms with Crippen LogP contribution in [0.5, 0.6) is 5.75 Å². The zero-order chi connectivity index (χ0) is 13.8. The Bertz CT molecular complexity index is 598. The van der Waals surface area contributed by atoms with Crippen LogP contribution in [0.1, 0.15) is 5.56 Å². The van der Waals surface area contributed by atoms with Crippen molar-refractivity contribution in [2.24, 2.45) is 0 Å². The van der Waals surface area contributed by atoms with Gasteiger partial charge in [0.15, 0.2) is 0 Å². The van der Waals surface area contributed by atoms with Gasteiger partial charge < -0.3 is 15.0 Å². The molecule has 102 valence electrons. The molecule has 0 bridgehead atoms. The molecule has 0 unspecified atom stereocenters. The standard InChI is InChI=1S/C16H16N2O2/c19-16-17-15-9-5-4-6-13(15)12-18(16)10-11-20-14-7-2-1-3-8-14/h1-9H,10-12H2,(H,17,19). The van der Waals surface area contributed by atoms with E-state index in [0.29, 0.717) is 19.7 Å². The summed E-state index contributed by atoms with van der Waals surface area (Å²) in [5.41, 5.74) is 2.03. The Labute approximate surface area is 118 Å². The maximum absolute atomic E-state index is 12.0. The molecule has 2 aromatic carbocycles. The second kappa shape index (κ2) is 5.65. The Hall–Kier alpha value is -2.49. The summed E-state index contributed by atoms with van der Waals surface area (Å²) >= 11 is 0. The Morgan fingerprint density at radius 1 is 1.05 bits per heavy atom. The lowest BCUT2D eigenvalue weighted by Gasteiger charge is -2.29. The number of fused-ring (bicyclic) bond motifs is 1. The fraction of sp³-hybridized carbons (Fsp3) is 0.188. The van der Waals surface area contributed by atoms with Gasteiger partial charge in [0.2, 0.25) is 0 Å². The topological polar surface area (TPSA) is 41.6 Å². The quantitative estimate of drug-likeness (QED) is 0.925. The fourth-order valence-corrected chi connectivity index (χ4v) is 2.22. The van der Waals surface area contributed by atoms with Crippen LogP contribution in [0.15, 0.2) is 54.6 Å². The van der Waals surface area contributed by atoms with Gasteiger partial charge in [-0.05, 0) is 23.8 Å². The molecule has 2 aromatic rings. The van der Waals surface area contributed by atoms with Gasteiger partial charge in [-0.25, -0.2) is 4.79 Å². The molecule has 4 heteroatoms. The molecule has 2 amide bonds. The van der Waals surface area contributed by atoms with Crippen LogP contribution >= 0.6 is 0 Å². The summed E-state index contributed by atoms with van der Waals surface area (Å²) in [4.78, 5) is 13.7. The molecule has 0 spiro atoms. The van der Waals surface area contributed by atoms with E-state index in [9.17, 15) is 4.79 Å². The number of amides is 2. The van der Waals surface area contributed by atoms with Crippen molar-refractivity contribution in [1.82, 2.24) is 4.90 Å².